The second kappa shape index (κ2) is 4.89. The summed E-state index contributed by atoms with van der Waals surface area (Å²) in [5, 5.41) is 5.32. The van der Waals surface area contributed by atoms with E-state index in [1.165, 1.54) is 6.33 Å². The molecule has 0 saturated heterocycles. The van der Waals surface area contributed by atoms with E-state index in [2.05, 4.69) is 20.3 Å². The maximum Gasteiger partial charge on any atom is 0.115 e. The SMILES string of the molecule is Nc1c(NCc2ccncn2)ccc2cnccc12. The fourth-order valence-corrected chi connectivity index (χ4v) is 1.96. The molecule has 0 saturated carbocycles. The molecule has 0 radical (unpaired) electrons. The Labute approximate surface area is 110 Å². The van der Waals surface area contributed by atoms with Gasteiger partial charge in [0.1, 0.15) is 6.33 Å². The zero-order valence-corrected chi connectivity index (χ0v) is 10.2. The Kier molecular flexibility index (Phi) is 2.94. The number of hydrogen-bond acceptors (Lipinski definition) is 5. The van der Waals surface area contributed by atoms with E-state index in [-0.39, 0.29) is 0 Å². The lowest BCUT2D eigenvalue weighted by Gasteiger charge is -2.11. The number of benzene rings is 1. The molecule has 3 aromatic rings. The van der Waals surface area contributed by atoms with Gasteiger partial charge >= 0.3 is 0 Å². The maximum absolute atomic E-state index is 6.16. The first kappa shape index (κ1) is 11.4. The summed E-state index contributed by atoms with van der Waals surface area (Å²) >= 11 is 0. The van der Waals surface area contributed by atoms with Crippen LogP contribution >= 0.6 is 0 Å². The van der Waals surface area contributed by atoms with Crippen LogP contribution in [-0.2, 0) is 6.54 Å². The lowest BCUT2D eigenvalue weighted by Crippen LogP contribution is -2.04. The third-order valence-electron chi connectivity index (χ3n) is 2.96. The molecule has 2 aromatic heterocycles. The minimum absolute atomic E-state index is 0.614. The van der Waals surface area contributed by atoms with Gasteiger partial charge < -0.3 is 11.1 Å². The lowest BCUT2D eigenvalue weighted by atomic mass is 10.1. The average molecular weight is 251 g/mol. The van der Waals surface area contributed by atoms with E-state index in [1.807, 2.05) is 24.3 Å². The van der Waals surface area contributed by atoms with Crippen molar-refractivity contribution in [1.82, 2.24) is 15.0 Å². The van der Waals surface area contributed by atoms with Crippen LogP contribution in [0.1, 0.15) is 5.69 Å². The molecule has 94 valence electrons. The Balaban J connectivity index is 1.87. The van der Waals surface area contributed by atoms with Crippen molar-refractivity contribution in [2.45, 2.75) is 6.54 Å². The molecule has 0 amide bonds. The lowest BCUT2D eigenvalue weighted by molar-refractivity contribution is 1.01. The van der Waals surface area contributed by atoms with Crippen LogP contribution in [-0.4, -0.2) is 15.0 Å². The van der Waals surface area contributed by atoms with E-state index in [0.717, 1.165) is 27.8 Å². The molecular weight excluding hydrogens is 238 g/mol. The molecule has 0 aliphatic heterocycles. The molecule has 0 aliphatic rings. The van der Waals surface area contributed by atoms with E-state index in [1.54, 1.807) is 18.6 Å². The highest BCUT2D eigenvalue weighted by molar-refractivity contribution is 5.98. The van der Waals surface area contributed by atoms with Crippen LogP contribution in [0, 0.1) is 0 Å². The highest BCUT2D eigenvalue weighted by Crippen LogP contribution is 2.28. The van der Waals surface area contributed by atoms with E-state index in [4.69, 9.17) is 5.73 Å². The van der Waals surface area contributed by atoms with Crippen molar-refractivity contribution in [3.63, 3.8) is 0 Å². The van der Waals surface area contributed by atoms with Crippen LogP contribution in [0.25, 0.3) is 10.8 Å². The monoisotopic (exact) mass is 251 g/mol. The van der Waals surface area contributed by atoms with Gasteiger partial charge in [0.2, 0.25) is 0 Å². The van der Waals surface area contributed by atoms with Gasteiger partial charge in [0, 0.05) is 29.4 Å². The first-order valence-electron chi connectivity index (χ1n) is 5.95. The van der Waals surface area contributed by atoms with E-state index in [9.17, 15) is 0 Å². The first-order chi connectivity index (χ1) is 9.34. The summed E-state index contributed by atoms with van der Waals surface area (Å²) in [6.07, 6.45) is 6.80. The van der Waals surface area contributed by atoms with Gasteiger partial charge in [-0.15, -0.1) is 0 Å². The Morgan fingerprint density at radius 2 is 1.95 bits per heavy atom. The fraction of sp³-hybridized carbons (Fsp3) is 0.0714. The molecule has 0 spiro atoms. The van der Waals surface area contributed by atoms with Crippen molar-refractivity contribution in [2.75, 3.05) is 11.1 Å². The van der Waals surface area contributed by atoms with Gasteiger partial charge in [0.15, 0.2) is 0 Å². The molecule has 0 unspecified atom stereocenters. The van der Waals surface area contributed by atoms with Crippen LogP contribution in [0.4, 0.5) is 11.4 Å². The summed E-state index contributed by atoms with van der Waals surface area (Å²) in [6.45, 7) is 0.614. The van der Waals surface area contributed by atoms with Crippen molar-refractivity contribution in [3.05, 3.63) is 54.9 Å². The highest BCUT2D eigenvalue weighted by atomic mass is 14.9. The number of hydrogen-bond donors (Lipinski definition) is 2. The third-order valence-corrected chi connectivity index (χ3v) is 2.96. The average Bonchev–Trinajstić information content (AvgIpc) is 2.48. The number of nitrogens with two attached hydrogens (primary N) is 1. The summed E-state index contributed by atoms with van der Waals surface area (Å²) in [7, 11) is 0. The number of nitrogens with zero attached hydrogens (tertiary/aromatic N) is 3. The molecule has 3 N–H and O–H groups in total. The molecule has 0 aliphatic carbocycles. The highest BCUT2D eigenvalue weighted by Gasteiger charge is 2.04. The third kappa shape index (κ3) is 2.30. The summed E-state index contributed by atoms with van der Waals surface area (Å²) < 4.78 is 0. The quantitative estimate of drug-likeness (QED) is 0.698. The van der Waals surface area contributed by atoms with Gasteiger partial charge in [-0.3, -0.25) is 4.98 Å². The Hall–Kier alpha value is -2.69. The molecule has 5 heteroatoms. The van der Waals surface area contributed by atoms with Gasteiger partial charge in [0.05, 0.1) is 23.6 Å². The maximum atomic E-state index is 6.16. The second-order valence-corrected chi connectivity index (χ2v) is 4.18. The predicted molar refractivity (Wildman–Crippen MR) is 75.5 cm³/mol. The standard InChI is InChI=1S/C14H13N5/c15-14-12-4-6-16-7-10(12)1-2-13(14)18-8-11-3-5-17-9-19-11/h1-7,9,18H,8,15H2. The molecular formula is C14H13N5. The smallest absolute Gasteiger partial charge is 0.115 e. The zero-order chi connectivity index (χ0) is 13.1. The van der Waals surface area contributed by atoms with Crippen LogP contribution in [0.5, 0.6) is 0 Å². The second-order valence-electron chi connectivity index (χ2n) is 4.18. The molecule has 0 bridgehead atoms. The summed E-state index contributed by atoms with van der Waals surface area (Å²) in [5.74, 6) is 0. The number of nitrogens with one attached hydrogen (secondary N) is 1. The number of fused-ring (bicyclic) bond motifs is 1. The van der Waals surface area contributed by atoms with Crippen LogP contribution < -0.4 is 11.1 Å². The number of rotatable bonds is 3. The number of nitrogen functional groups attached to an aromatic ring is 1. The number of pyridine rings is 1. The van der Waals surface area contributed by atoms with Gasteiger partial charge in [-0.2, -0.15) is 0 Å². The van der Waals surface area contributed by atoms with Gasteiger partial charge in [-0.05, 0) is 18.2 Å². The zero-order valence-electron chi connectivity index (χ0n) is 10.2. The minimum Gasteiger partial charge on any atom is -0.397 e. The largest absolute Gasteiger partial charge is 0.397 e. The molecule has 3 rings (SSSR count). The molecule has 0 atom stereocenters. The van der Waals surface area contributed by atoms with Gasteiger partial charge in [-0.1, -0.05) is 6.07 Å². The van der Waals surface area contributed by atoms with Crippen molar-refractivity contribution < 1.29 is 0 Å². The summed E-state index contributed by atoms with van der Waals surface area (Å²) in [5.41, 5.74) is 8.71. The van der Waals surface area contributed by atoms with Gasteiger partial charge in [-0.25, -0.2) is 9.97 Å². The van der Waals surface area contributed by atoms with E-state index >= 15 is 0 Å². The Morgan fingerprint density at radius 1 is 1.05 bits per heavy atom. The van der Waals surface area contributed by atoms with Crippen LogP contribution in [0.2, 0.25) is 0 Å². The van der Waals surface area contributed by atoms with Crippen LogP contribution in [0.15, 0.2) is 49.2 Å². The van der Waals surface area contributed by atoms with E-state index < -0.39 is 0 Å². The summed E-state index contributed by atoms with van der Waals surface area (Å²) in [6, 6.07) is 7.75. The van der Waals surface area contributed by atoms with E-state index in [0.29, 0.717) is 6.54 Å². The Morgan fingerprint density at radius 3 is 2.79 bits per heavy atom. The normalized spacial score (nSPS) is 10.5. The minimum atomic E-state index is 0.614. The molecule has 5 nitrogen and oxygen atoms in total. The van der Waals surface area contributed by atoms with Crippen molar-refractivity contribution in [3.8, 4) is 0 Å². The van der Waals surface area contributed by atoms with Gasteiger partial charge in [0.25, 0.3) is 0 Å². The fourth-order valence-electron chi connectivity index (χ4n) is 1.96. The first-order valence-corrected chi connectivity index (χ1v) is 5.95. The van der Waals surface area contributed by atoms with Crippen LogP contribution in [0.3, 0.4) is 0 Å². The number of anilines is 2. The molecule has 2 heterocycles. The van der Waals surface area contributed by atoms with Crippen molar-refractivity contribution in [1.29, 1.82) is 0 Å². The van der Waals surface area contributed by atoms with Crippen molar-refractivity contribution >= 4 is 22.1 Å². The molecule has 1 aromatic carbocycles. The topological polar surface area (TPSA) is 76.7 Å². The Bertz CT molecular complexity index is 697. The molecule has 19 heavy (non-hydrogen) atoms. The van der Waals surface area contributed by atoms with Crippen molar-refractivity contribution in [2.24, 2.45) is 0 Å². The predicted octanol–water partition coefficient (Wildman–Crippen LogP) is 2.22. The summed E-state index contributed by atoms with van der Waals surface area (Å²) in [4.78, 5) is 12.1. The number of aromatic nitrogens is 3. The molecule has 0 fully saturated rings.